The van der Waals surface area contributed by atoms with Gasteiger partial charge in [0.2, 0.25) is 0 Å². The van der Waals surface area contributed by atoms with Gasteiger partial charge in [0.05, 0.1) is 5.41 Å². The number of amides is 1. The highest BCUT2D eigenvalue weighted by Gasteiger charge is 2.30. The van der Waals surface area contributed by atoms with Crippen molar-refractivity contribution in [2.75, 3.05) is 5.32 Å². The summed E-state index contributed by atoms with van der Waals surface area (Å²) in [6, 6.07) is 14.5. The molecule has 0 saturated carbocycles. The monoisotopic (exact) mass is 325 g/mol. The minimum absolute atomic E-state index is 0.212. The lowest BCUT2D eigenvalue weighted by Gasteiger charge is -2.20. The third kappa shape index (κ3) is 2.97. The van der Waals surface area contributed by atoms with Crippen molar-refractivity contribution in [1.82, 2.24) is 0 Å². The summed E-state index contributed by atoms with van der Waals surface area (Å²) in [6.45, 7) is 3.29. The summed E-state index contributed by atoms with van der Waals surface area (Å²) < 4.78 is 5.66. The molecule has 0 aliphatic carbocycles. The van der Waals surface area contributed by atoms with Crippen LogP contribution in [0.4, 0.5) is 5.69 Å². The zero-order valence-electron chi connectivity index (χ0n) is 13.6. The first-order chi connectivity index (χ1) is 11.4. The highest BCUT2D eigenvalue weighted by molar-refractivity contribution is 5.95. The number of rotatable bonds is 4. The molecule has 2 N–H and O–H groups in total. The van der Waals surface area contributed by atoms with Gasteiger partial charge < -0.3 is 15.2 Å². The van der Waals surface area contributed by atoms with Crippen molar-refractivity contribution in [2.45, 2.75) is 31.8 Å². The van der Waals surface area contributed by atoms with E-state index >= 15 is 0 Å². The molecule has 5 heteroatoms. The van der Waals surface area contributed by atoms with Crippen LogP contribution in [0, 0.1) is 0 Å². The Kier molecular flexibility index (Phi) is 4.01. The molecular formula is C19H19NO4. The number of carbonyl (C=O) groups excluding carboxylic acids is 1. The highest BCUT2D eigenvalue weighted by Crippen LogP contribution is 2.29. The quantitative estimate of drug-likeness (QED) is 0.906. The van der Waals surface area contributed by atoms with E-state index in [2.05, 4.69) is 5.32 Å². The number of ether oxygens (including phenoxy) is 1. The van der Waals surface area contributed by atoms with E-state index in [4.69, 9.17) is 4.74 Å². The fourth-order valence-electron chi connectivity index (χ4n) is 2.64. The van der Waals surface area contributed by atoms with Crippen molar-refractivity contribution in [3.8, 4) is 5.75 Å². The summed E-state index contributed by atoms with van der Waals surface area (Å²) in [5.74, 6) is -0.357. The van der Waals surface area contributed by atoms with Crippen LogP contribution in [-0.2, 0) is 21.4 Å². The third-order valence-corrected chi connectivity index (χ3v) is 4.35. The average molecular weight is 325 g/mol. The number of nitrogens with one attached hydrogen (secondary N) is 1. The second kappa shape index (κ2) is 6.00. The van der Waals surface area contributed by atoms with E-state index in [1.165, 1.54) is 0 Å². The maximum atomic E-state index is 12.3. The molecule has 0 fully saturated rings. The Bertz CT molecular complexity index is 755. The van der Waals surface area contributed by atoms with Gasteiger partial charge in [0.25, 0.3) is 5.91 Å². The number of benzene rings is 2. The Morgan fingerprint density at radius 3 is 2.42 bits per heavy atom. The number of aliphatic carboxylic acids is 1. The zero-order chi connectivity index (χ0) is 17.3. The fraction of sp³-hybridized carbons (Fsp3) is 0.263. The van der Waals surface area contributed by atoms with Crippen molar-refractivity contribution < 1.29 is 19.4 Å². The molecule has 24 heavy (non-hydrogen) atoms. The number of carboxylic acid groups (broad SMARTS) is 1. The molecule has 0 radical (unpaired) electrons. The van der Waals surface area contributed by atoms with Gasteiger partial charge >= 0.3 is 5.97 Å². The SMILES string of the molecule is CC(C)(C(=O)O)c1ccc(NC(=O)C2Cc3ccccc3O2)cc1. The maximum absolute atomic E-state index is 12.3. The normalized spacial score (nSPS) is 16.2. The Balaban J connectivity index is 1.67. The van der Waals surface area contributed by atoms with Crippen LogP contribution in [0.25, 0.3) is 0 Å². The van der Waals surface area contributed by atoms with Crippen molar-refractivity contribution in [3.05, 3.63) is 59.7 Å². The van der Waals surface area contributed by atoms with Crippen LogP contribution in [0.15, 0.2) is 48.5 Å². The van der Waals surface area contributed by atoms with Gasteiger partial charge in [0.1, 0.15) is 5.75 Å². The molecule has 0 aromatic heterocycles. The van der Waals surface area contributed by atoms with Crippen LogP contribution in [0.5, 0.6) is 5.75 Å². The minimum Gasteiger partial charge on any atom is -0.481 e. The van der Waals surface area contributed by atoms with Crippen molar-refractivity contribution in [1.29, 1.82) is 0 Å². The fourth-order valence-corrected chi connectivity index (χ4v) is 2.64. The van der Waals surface area contributed by atoms with Crippen LogP contribution in [0.1, 0.15) is 25.0 Å². The van der Waals surface area contributed by atoms with Gasteiger partial charge in [-0.2, -0.15) is 0 Å². The van der Waals surface area contributed by atoms with Crippen LogP contribution >= 0.6 is 0 Å². The number of hydrogen-bond acceptors (Lipinski definition) is 3. The van der Waals surface area contributed by atoms with E-state index in [-0.39, 0.29) is 5.91 Å². The molecule has 1 amide bonds. The predicted octanol–water partition coefficient (Wildman–Crippen LogP) is 2.99. The summed E-state index contributed by atoms with van der Waals surface area (Å²) in [4.78, 5) is 23.6. The molecule has 2 aromatic rings. The van der Waals surface area contributed by atoms with Gasteiger partial charge in [0, 0.05) is 12.1 Å². The van der Waals surface area contributed by atoms with Crippen molar-refractivity contribution >= 4 is 17.6 Å². The first-order valence-corrected chi connectivity index (χ1v) is 7.77. The molecule has 124 valence electrons. The maximum Gasteiger partial charge on any atom is 0.313 e. The second-order valence-electron chi connectivity index (χ2n) is 6.42. The first kappa shape index (κ1) is 16.1. The standard InChI is InChI=1S/C19H19NO4/c1-19(2,18(22)23)13-7-9-14(10-8-13)20-17(21)16-11-12-5-3-4-6-15(12)24-16/h3-10,16H,11H2,1-2H3,(H,20,21)(H,22,23). The molecule has 1 atom stereocenters. The molecular weight excluding hydrogens is 306 g/mol. The molecule has 1 aliphatic heterocycles. The smallest absolute Gasteiger partial charge is 0.313 e. The molecule has 0 saturated heterocycles. The van der Waals surface area contributed by atoms with Crippen LogP contribution < -0.4 is 10.1 Å². The van der Waals surface area contributed by atoms with Crippen LogP contribution in [0.2, 0.25) is 0 Å². The number of para-hydroxylation sites is 1. The second-order valence-corrected chi connectivity index (χ2v) is 6.42. The van der Waals surface area contributed by atoms with Crippen LogP contribution in [-0.4, -0.2) is 23.1 Å². The Morgan fingerprint density at radius 2 is 1.79 bits per heavy atom. The number of fused-ring (bicyclic) bond motifs is 1. The number of carboxylic acids is 1. The van der Waals surface area contributed by atoms with E-state index in [9.17, 15) is 14.7 Å². The summed E-state index contributed by atoms with van der Waals surface area (Å²) in [7, 11) is 0. The van der Waals surface area contributed by atoms with E-state index < -0.39 is 17.5 Å². The van der Waals surface area contributed by atoms with Gasteiger partial charge in [-0.25, -0.2) is 0 Å². The van der Waals surface area contributed by atoms with E-state index in [0.717, 1.165) is 11.3 Å². The Hall–Kier alpha value is -2.82. The Labute approximate surface area is 140 Å². The summed E-state index contributed by atoms with van der Waals surface area (Å²) in [6.07, 6.45) is 0.00381. The summed E-state index contributed by atoms with van der Waals surface area (Å²) in [5.41, 5.74) is 1.34. The molecule has 0 spiro atoms. The lowest BCUT2D eigenvalue weighted by molar-refractivity contribution is -0.142. The zero-order valence-corrected chi connectivity index (χ0v) is 13.6. The van der Waals surface area contributed by atoms with Gasteiger partial charge in [0.15, 0.2) is 6.10 Å². The van der Waals surface area contributed by atoms with E-state index in [1.54, 1.807) is 38.1 Å². The topological polar surface area (TPSA) is 75.6 Å². The third-order valence-electron chi connectivity index (χ3n) is 4.35. The van der Waals surface area contributed by atoms with Crippen molar-refractivity contribution in [3.63, 3.8) is 0 Å². The molecule has 5 nitrogen and oxygen atoms in total. The number of carbonyl (C=O) groups is 2. The van der Waals surface area contributed by atoms with E-state index in [1.807, 2.05) is 24.3 Å². The number of anilines is 1. The van der Waals surface area contributed by atoms with Crippen LogP contribution in [0.3, 0.4) is 0 Å². The van der Waals surface area contributed by atoms with Gasteiger partial charge in [-0.05, 0) is 43.2 Å². The molecule has 3 rings (SSSR count). The van der Waals surface area contributed by atoms with Crippen molar-refractivity contribution in [2.24, 2.45) is 0 Å². The highest BCUT2D eigenvalue weighted by atomic mass is 16.5. The summed E-state index contributed by atoms with van der Waals surface area (Å²) >= 11 is 0. The average Bonchev–Trinajstić information content (AvgIpc) is 2.99. The lowest BCUT2D eigenvalue weighted by Crippen LogP contribution is -2.31. The molecule has 0 bridgehead atoms. The Morgan fingerprint density at radius 1 is 1.12 bits per heavy atom. The lowest BCUT2D eigenvalue weighted by atomic mass is 9.85. The number of hydrogen-bond donors (Lipinski definition) is 2. The largest absolute Gasteiger partial charge is 0.481 e. The van der Waals surface area contributed by atoms with Gasteiger partial charge in [-0.15, -0.1) is 0 Å². The van der Waals surface area contributed by atoms with Gasteiger partial charge in [-0.3, -0.25) is 9.59 Å². The minimum atomic E-state index is -0.973. The van der Waals surface area contributed by atoms with Gasteiger partial charge in [-0.1, -0.05) is 30.3 Å². The first-order valence-electron chi connectivity index (χ1n) is 7.77. The molecule has 2 aromatic carbocycles. The predicted molar refractivity (Wildman–Crippen MR) is 90.3 cm³/mol. The molecule has 1 unspecified atom stereocenters. The summed E-state index contributed by atoms with van der Waals surface area (Å²) in [5, 5.41) is 12.1. The molecule has 1 heterocycles. The van der Waals surface area contributed by atoms with E-state index in [0.29, 0.717) is 17.7 Å². The molecule has 1 aliphatic rings.